The maximum absolute atomic E-state index is 12.2. The lowest BCUT2D eigenvalue weighted by atomic mass is 10.1. The van der Waals surface area contributed by atoms with Gasteiger partial charge in [-0.15, -0.1) is 11.3 Å². The molecular weight excluding hydrogens is 322 g/mol. The molecule has 0 aliphatic rings. The highest BCUT2D eigenvalue weighted by atomic mass is 32.1. The number of carbonyl (C=O) groups is 1. The molecule has 3 rings (SSSR count). The Balaban J connectivity index is 2.08. The Labute approximate surface area is 144 Å². The van der Waals surface area contributed by atoms with Gasteiger partial charge < -0.3 is 15.8 Å². The molecule has 6 heteroatoms. The van der Waals surface area contributed by atoms with Gasteiger partial charge in [-0.1, -0.05) is 24.3 Å². The van der Waals surface area contributed by atoms with Crippen LogP contribution in [0.4, 0.5) is 16.4 Å². The number of nitrogen functional groups attached to an aromatic ring is 1. The minimum Gasteiger partial charge on any atom is -0.462 e. The quantitative estimate of drug-likeness (QED) is 0.677. The molecule has 2 heterocycles. The normalized spacial score (nSPS) is 10.4. The van der Waals surface area contributed by atoms with Gasteiger partial charge in [-0.05, 0) is 31.2 Å². The van der Waals surface area contributed by atoms with Gasteiger partial charge >= 0.3 is 5.97 Å². The van der Waals surface area contributed by atoms with E-state index in [1.807, 2.05) is 48.5 Å². The number of anilines is 3. The molecule has 1 aromatic carbocycles. The second-order valence-corrected chi connectivity index (χ2v) is 6.00. The topological polar surface area (TPSA) is 77.2 Å². The van der Waals surface area contributed by atoms with Crippen LogP contribution in [0.25, 0.3) is 11.3 Å². The Kier molecular flexibility index (Phi) is 4.77. The Hall–Kier alpha value is -2.86. The largest absolute Gasteiger partial charge is 0.462 e. The Morgan fingerprint density at radius 2 is 1.96 bits per heavy atom. The molecule has 3 aromatic rings. The number of rotatable bonds is 5. The summed E-state index contributed by atoms with van der Waals surface area (Å²) in [7, 11) is 0. The zero-order chi connectivity index (χ0) is 16.9. The summed E-state index contributed by atoms with van der Waals surface area (Å²) in [5.41, 5.74) is 8.97. The lowest BCUT2D eigenvalue weighted by molar-refractivity contribution is 0.0533. The molecule has 2 aromatic heterocycles. The van der Waals surface area contributed by atoms with E-state index in [1.54, 1.807) is 13.1 Å². The minimum absolute atomic E-state index is 0.302. The van der Waals surface area contributed by atoms with Gasteiger partial charge in [0.25, 0.3) is 0 Å². The summed E-state index contributed by atoms with van der Waals surface area (Å²) in [6.07, 6.45) is 1.70. The lowest BCUT2D eigenvalue weighted by Crippen LogP contribution is -2.05. The number of thiophene rings is 1. The van der Waals surface area contributed by atoms with E-state index < -0.39 is 5.97 Å². The molecule has 24 heavy (non-hydrogen) atoms. The molecule has 0 bridgehead atoms. The van der Waals surface area contributed by atoms with Crippen LogP contribution in [0, 0.1) is 0 Å². The number of nitrogens with zero attached hydrogens (tertiary/aromatic N) is 1. The molecule has 0 unspecified atom stereocenters. The fourth-order valence-corrected chi connectivity index (χ4v) is 3.34. The van der Waals surface area contributed by atoms with E-state index in [0.29, 0.717) is 28.4 Å². The average Bonchev–Trinajstić information content (AvgIpc) is 2.93. The van der Waals surface area contributed by atoms with Crippen molar-refractivity contribution in [2.45, 2.75) is 6.92 Å². The number of nitrogens with two attached hydrogens (primary N) is 1. The predicted octanol–water partition coefficient (Wildman–Crippen LogP) is 4.31. The van der Waals surface area contributed by atoms with Gasteiger partial charge in [0, 0.05) is 11.9 Å². The number of ether oxygens (including phenoxy) is 1. The maximum atomic E-state index is 12.2. The van der Waals surface area contributed by atoms with E-state index in [2.05, 4.69) is 10.3 Å². The van der Waals surface area contributed by atoms with E-state index in [0.717, 1.165) is 10.7 Å². The fraction of sp³-hybridized carbons (Fsp3) is 0.111. The summed E-state index contributed by atoms with van der Waals surface area (Å²) in [5.74, 6) is -0.418. The van der Waals surface area contributed by atoms with Crippen LogP contribution in [0.3, 0.4) is 0 Å². The van der Waals surface area contributed by atoms with Gasteiger partial charge in [0.2, 0.25) is 0 Å². The molecule has 3 N–H and O–H groups in total. The zero-order valence-corrected chi connectivity index (χ0v) is 14.0. The summed E-state index contributed by atoms with van der Waals surface area (Å²) < 4.78 is 5.11. The highest BCUT2D eigenvalue weighted by Crippen LogP contribution is 2.43. The molecule has 0 spiro atoms. The van der Waals surface area contributed by atoms with Crippen LogP contribution in [-0.2, 0) is 4.74 Å². The van der Waals surface area contributed by atoms with E-state index in [4.69, 9.17) is 10.5 Å². The van der Waals surface area contributed by atoms with Crippen molar-refractivity contribution in [1.29, 1.82) is 0 Å². The van der Waals surface area contributed by atoms with E-state index in [1.165, 1.54) is 11.3 Å². The van der Waals surface area contributed by atoms with Crippen LogP contribution in [0.2, 0.25) is 0 Å². The van der Waals surface area contributed by atoms with Crippen molar-refractivity contribution >= 4 is 33.7 Å². The third-order valence-electron chi connectivity index (χ3n) is 3.36. The van der Waals surface area contributed by atoms with Crippen molar-refractivity contribution in [2.24, 2.45) is 0 Å². The monoisotopic (exact) mass is 339 g/mol. The molecule has 0 aliphatic heterocycles. The molecule has 0 aliphatic carbocycles. The van der Waals surface area contributed by atoms with E-state index in [9.17, 15) is 4.79 Å². The number of nitrogens with one attached hydrogen (secondary N) is 1. The standard InChI is InChI=1S/C18H17N3O2S/c1-2-23-18(22)16-15(19)14(13-10-6-7-11-20-13)17(24-16)21-12-8-4-3-5-9-12/h3-11,21H,2,19H2,1H3. The van der Waals surface area contributed by atoms with Gasteiger partial charge in [0.1, 0.15) is 9.88 Å². The minimum atomic E-state index is -0.418. The SMILES string of the molecule is CCOC(=O)c1sc(Nc2ccccc2)c(-c2ccccn2)c1N. The van der Waals surface area contributed by atoms with Crippen molar-refractivity contribution in [3.05, 3.63) is 59.6 Å². The second kappa shape index (κ2) is 7.14. The number of hydrogen-bond acceptors (Lipinski definition) is 6. The highest BCUT2D eigenvalue weighted by Gasteiger charge is 2.23. The Bertz CT molecular complexity index is 832. The first-order valence-corrected chi connectivity index (χ1v) is 8.35. The van der Waals surface area contributed by atoms with Crippen molar-refractivity contribution in [3.63, 3.8) is 0 Å². The van der Waals surface area contributed by atoms with Crippen LogP contribution < -0.4 is 11.1 Å². The molecular formula is C18H17N3O2S. The van der Waals surface area contributed by atoms with Crippen LogP contribution >= 0.6 is 11.3 Å². The van der Waals surface area contributed by atoms with E-state index >= 15 is 0 Å². The van der Waals surface area contributed by atoms with Crippen LogP contribution in [0.1, 0.15) is 16.6 Å². The number of aromatic nitrogens is 1. The molecule has 0 amide bonds. The fourth-order valence-electron chi connectivity index (χ4n) is 2.30. The number of carbonyl (C=O) groups excluding carboxylic acids is 1. The van der Waals surface area contributed by atoms with Crippen molar-refractivity contribution in [3.8, 4) is 11.3 Å². The van der Waals surface area contributed by atoms with Gasteiger partial charge in [0.15, 0.2) is 0 Å². The molecule has 0 radical (unpaired) electrons. The molecule has 0 saturated heterocycles. The van der Waals surface area contributed by atoms with Gasteiger partial charge in [-0.25, -0.2) is 4.79 Å². The molecule has 0 atom stereocenters. The second-order valence-electron chi connectivity index (χ2n) is 4.98. The summed E-state index contributed by atoms with van der Waals surface area (Å²) >= 11 is 1.27. The smallest absolute Gasteiger partial charge is 0.350 e. The first-order chi connectivity index (χ1) is 11.7. The summed E-state index contributed by atoms with van der Waals surface area (Å²) in [5, 5.41) is 4.08. The summed E-state index contributed by atoms with van der Waals surface area (Å²) in [6.45, 7) is 2.07. The molecule has 122 valence electrons. The lowest BCUT2D eigenvalue weighted by Gasteiger charge is -2.07. The first kappa shape index (κ1) is 16.0. The number of para-hydroxylation sites is 1. The van der Waals surface area contributed by atoms with Crippen LogP contribution in [-0.4, -0.2) is 17.6 Å². The highest BCUT2D eigenvalue weighted by molar-refractivity contribution is 7.19. The maximum Gasteiger partial charge on any atom is 0.350 e. The van der Waals surface area contributed by atoms with Gasteiger partial charge in [-0.2, -0.15) is 0 Å². The summed E-state index contributed by atoms with van der Waals surface area (Å²) in [4.78, 5) is 16.9. The van der Waals surface area contributed by atoms with Crippen LogP contribution in [0.15, 0.2) is 54.7 Å². The number of benzene rings is 1. The number of pyridine rings is 1. The van der Waals surface area contributed by atoms with Crippen molar-refractivity contribution in [2.75, 3.05) is 17.7 Å². The number of hydrogen-bond donors (Lipinski definition) is 2. The third-order valence-corrected chi connectivity index (χ3v) is 4.46. The third kappa shape index (κ3) is 3.23. The van der Waals surface area contributed by atoms with Crippen LogP contribution in [0.5, 0.6) is 0 Å². The van der Waals surface area contributed by atoms with Crippen molar-refractivity contribution in [1.82, 2.24) is 4.98 Å². The Morgan fingerprint density at radius 1 is 1.21 bits per heavy atom. The van der Waals surface area contributed by atoms with Gasteiger partial charge in [-0.3, -0.25) is 4.98 Å². The zero-order valence-electron chi connectivity index (χ0n) is 13.2. The van der Waals surface area contributed by atoms with Gasteiger partial charge in [0.05, 0.1) is 23.6 Å². The molecule has 0 saturated carbocycles. The Morgan fingerprint density at radius 3 is 2.62 bits per heavy atom. The molecule has 5 nitrogen and oxygen atoms in total. The molecule has 0 fully saturated rings. The number of esters is 1. The first-order valence-electron chi connectivity index (χ1n) is 7.53. The van der Waals surface area contributed by atoms with E-state index in [-0.39, 0.29) is 0 Å². The van der Waals surface area contributed by atoms with Crippen molar-refractivity contribution < 1.29 is 9.53 Å². The predicted molar refractivity (Wildman–Crippen MR) is 97.6 cm³/mol. The summed E-state index contributed by atoms with van der Waals surface area (Å²) in [6, 6.07) is 15.3. The average molecular weight is 339 g/mol.